The van der Waals surface area contributed by atoms with Gasteiger partial charge in [0, 0.05) is 25.1 Å². The number of carboxylic acid groups (broad SMARTS) is 1. The Morgan fingerprint density at radius 1 is 1.53 bits per heavy atom. The number of carboxylic acids is 1. The summed E-state index contributed by atoms with van der Waals surface area (Å²) in [5.74, 6) is -0.348. The number of aliphatic carboxylic acids is 1. The van der Waals surface area contributed by atoms with E-state index in [4.69, 9.17) is 9.63 Å². The van der Waals surface area contributed by atoms with Crippen molar-refractivity contribution in [2.75, 3.05) is 20.1 Å². The fraction of sp³-hybridized carbons (Fsp3) is 0.600. The van der Waals surface area contributed by atoms with E-state index < -0.39 is 5.97 Å². The minimum atomic E-state index is -0.869. The van der Waals surface area contributed by atoms with Crippen molar-refractivity contribution < 1.29 is 14.4 Å². The summed E-state index contributed by atoms with van der Waals surface area (Å²) in [5, 5.41) is 12.7. The summed E-state index contributed by atoms with van der Waals surface area (Å²) >= 11 is 0. The van der Waals surface area contributed by atoms with Gasteiger partial charge in [0.25, 0.3) is 0 Å². The van der Waals surface area contributed by atoms with Crippen molar-refractivity contribution in [2.24, 2.45) is 0 Å². The summed E-state index contributed by atoms with van der Waals surface area (Å²) in [7, 11) is 2.06. The molecule has 1 aromatic rings. The molecule has 0 bridgehead atoms. The number of carbonyl (C=O) groups is 1. The van der Waals surface area contributed by atoms with Crippen LogP contribution < -0.4 is 0 Å². The number of fused-ring (bicyclic) bond motifs is 1. The van der Waals surface area contributed by atoms with Crippen LogP contribution in [0, 0.1) is 0 Å². The summed E-state index contributed by atoms with van der Waals surface area (Å²) in [5.41, 5.74) is 1.93. The quantitative estimate of drug-likeness (QED) is 0.762. The van der Waals surface area contributed by atoms with Crippen molar-refractivity contribution in [2.45, 2.75) is 19.3 Å². The highest BCUT2D eigenvalue weighted by Crippen LogP contribution is 2.19. The van der Waals surface area contributed by atoms with Crippen LogP contribution in [0.4, 0.5) is 0 Å². The molecular formula is C10H14N2O3. The predicted molar refractivity (Wildman–Crippen MR) is 52.7 cm³/mol. The molecule has 0 amide bonds. The van der Waals surface area contributed by atoms with Gasteiger partial charge in [-0.05, 0) is 13.5 Å². The minimum Gasteiger partial charge on any atom is -0.481 e. The van der Waals surface area contributed by atoms with Crippen LogP contribution >= 0.6 is 0 Å². The van der Waals surface area contributed by atoms with Gasteiger partial charge in [-0.2, -0.15) is 0 Å². The molecule has 0 aliphatic carbocycles. The zero-order valence-corrected chi connectivity index (χ0v) is 8.69. The molecule has 0 atom stereocenters. The molecule has 0 unspecified atom stereocenters. The van der Waals surface area contributed by atoms with E-state index in [1.165, 1.54) is 0 Å². The van der Waals surface area contributed by atoms with Crippen molar-refractivity contribution in [1.29, 1.82) is 0 Å². The van der Waals surface area contributed by atoms with Gasteiger partial charge >= 0.3 is 5.97 Å². The van der Waals surface area contributed by atoms with Gasteiger partial charge in [0.15, 0.2) is 5.76 Å². The molecule has 1 N–H and O–H groups in total. The lowest BCUT2D eigenvalue weighted by atomic mass is 10.1. The number of hydrogen-bond acceptors (Lipinski definition) is 4. The molecule has 2 rings (SSSR count). The molecule has 0 saturated heterocycles. The predicted octanol–water partition coefficient (Wildman–Crippen LogP) is 0.332. The summed E-state index contributed by atoms with van der Waals surface area (Å²) in [6, 6.07) is 0. The number of nitrogens with zero attached hydrogens (tertiary/aromatic N) is 2. The molecule has 2 heterocycles. The maximum atomic E-state index is 10.6. The molecule has 0 aromatic carbocycles. The summed E-state index contributed by atoms with van der Waals surface area (Å²) in [6.45, 7) is 1.88. The fourth-order valence-electron chi connectivity index (χ4n) is 1.85. The lowest BCUT2D eigenvalue weighted by Crippen LogP contribution is -2.21. The highest BCUT2D eigenvalue weighted by Gasteiger charge is 2.21. The lowest BCUT2D eigenvalue weighted by molar-refractivity contribution is -0.136. The second-order valence-corrected chi connectivity index (χ2v) is 3.90. The van der Waals surface area contributed by atoms with Crippen LogP contribution in [0.1, 0.15) is 17.0 Å². The zero-order chi connectivity index (χ0) is 10.8. The first-order valence-corrected chi connectivity index (χ1v) is 5.03. The van der Waals surface area contributed by atoms with Crippen LogP contribution in [-0.4, -0.2) is 41.3 Å². The lowest BCUT2D eigenvalue weighted by Gasteiger charge is -2.11. The van der Waals surface area contributed by atoms with Gasteiger partial charge in [0.1, 0.15) is 6.42 Å². The molecule has 0 radical (unpaired) electrons. The normalized spacial score (nSPS) is 17.1. The third-order valence-corrected chi connectivity index (χ3v) is 2.74. The van der Waals surface area contributed by atoms with Crippen molar-refractivity contribution >= 4 is 5.97 Å². The van der Waals surface area contributed by atoms with Crippen LogP contribution in [-0.2, 0) is 24.1 Å². The van der Waals surface area contributed by atoms with Gasteiger partial charge in [-0.25, -0.2) is 0 Å². The van der Waals surface area contributed by atoms with E-state index in [-0.39, 0.29) is 6.42 Å². The Balaban J connectivity index is 2.22. The van der Waals surface area contributed by atoms with Gasteiger partial charge in [0.05, 0.1) is 5.69 Å². The maximum absolute atomic E-state index is 10.6. The van der Waals surface area contributed by atoms with Crippen LogP contribution in [0.25, 0.3) is 0 Å². The zero-order valence-electron chi connectivity index (χ0n) is 8.69. The van der Waals surface area contributed by atoms with E-state index in [1.54, 1.807) is 0 Å². The third-order valence-electron chi connectivity index (χ3n) is 2.74. The standard InChI is InChI=1S/C10H14N2O3/c1-12-4-2-7-8(3-5-12)11-15-9(7)6-10(13)14/h2-6H2,1H3,(H,13,14). The van der Waals surface area contributed by atoms with Crippen molar-refractivity contribution in [1.82, 2.24) is 10.1 Å². The van der Waals surface area contributed by atoms with Crippen LogP contribution in [0.2, 0.25) is 0 Å². The first-order chi connectivity index (χ1) is 7.16. The molecule has 82 valence electrons. The smallest absolute Gasteiger partial charge is 0.311 e. The van der Waals surface area contributed by atoms with E-state index in [1.807, 2.05) is 0 Å². The molecule has 0 fully saturated rings. The monoisotopic (exact) mass is 210 g/mol. The summed E-state index contributed by atoms with van der Waals surface area (Å²) in [6.07, 6.45) is 1.61. The molecule has 5 heteroatoms. The Kier molecular flexibility index (Phi) is 2.73. The van der Waals surface area contributed by atoms with E-state index in [9.17, 15) is 4.79 Å². The SMILES string of the molecule is CN1CCc2noc(CC(=O)O)c2CC1. The van der Waals surface area contributed by atoms with Gasteiger partial charge < -0.3 is 14.5 Å². The molecule has 1 aliphatic rings. The first-order valence-electron chi connectivity index (χ1n) is 5.03. The number of hydrogen-bond donors (Lipinski definition) is 1. The van der Waals surface area contributed by atoms with E-state index in [0.29, 0.717) is 5.76 Å². The third kappa shape index (κ3) is 2.18. The Labute approximate surface area is 87.7 Å². The average molecular weight is 210 g/mol. The molecule has 0 spiro atoms. The Bertz CT molecular complexity index is 373. The molecule has 1 aliphatic heterocycles. The average Bonchev–Trinajstić information content (AvgIpc) is 2.43. The van der Waals surface area contributed by atoms with E-state index in [0.717, 1.165) is 37.2 Å². The van der Waals surface area contributed by atoms with Gasteiger partial charge in [-0.1, -0.05) is 5.16 Å². The summed E-state index contributed by atoms with van der Waals surface area (Å²) < 4.78 is 5.07. The molecule has 1 aromatic heterocycles. The van der Waals surface area contributed by atoms with Gasteiger partial charge in [-0.3, -0.25) is 4.79 Å². The van der Waals surface area contributed by atoms with Gasteiger partial charge in [0.2, 0.25) is 0 Å². The van der Waals surface area contributed by atoms with E-state index >= 15 is 0 Å². The Morgan fingerprint density at radius 3 is 3.00 bits per heavy atom. The van der Waals surface area contributed by atoms with E-state index in [2.05, 4.69) is 17.1 Å². The van der Waals surface area contributed by atoms with Crippen molar-refractivity contribution in [3.63, 3.8) is 0 Å². The molecular weight excluding hydrogens is 196 g/mol. The number of likely N-dealkylation sites (N-methyl/N-ethyl adjacent to an activating group) is 1. The molecule has 0 saturated carbocycles. The van der Waals surface area contributed by atoms with Crippen LogP contribution in [0.15, 0.2) is 4.52 Å². The minimum absolute atomic E-state index is 0.0634. The Hall–Kier alpha value is -1.36. The maximum Gasteiger partial charge on any atom is 0.311 e. The highest BCUT2D eigenvalue weighted by molar-refractivity contribution is 5.69. The first kappa shape index (κ1) is 10.2. The van der Waals surface area contributed by atoms with Crippen molar-refractivity contribution in [3.8, 4) is 0 Å². The van der Waals surface area contributed by atoms with Crippen LogP contribution in [0.3, 0.4) is 0 Å². The Morgan fingerprint density at radius 2 is 2.27 bits per heavy atom. The second kappa shape index (κ2) is 4.02. The largest absolute Gasteiger partial charge is 0.481 e. The second-order valence-electron chi connectivity index (χ2n) is 3.90. The number of aromatic nitrogens is 1. The summed E-state index contributed by atoms with van der Waals surface area (Å²) in [4.78, 5) is 12.8. The van der Waals surface area contributed by atoms with Crippen molar-refractivity contribution in [3.05, 3.63) is 17.0 Å². The molecule has 15 heavy (non-hydrogen) atoms. The topological polar surface area (TPSA) is 66.6 Å². The highest BCUT2D eigenvalue weighted by atomic mass is 16.5. The van der Waals surface area contributed by atoms with Gasteiger partial charge in [-0.15, -0.1) is 0 Å². The molecule has 5 nitrogen and oxygen atoms in total. The number of rotatable bonds is 2. The fourth-order valence-corrected chi connectivity index (χ4v) is 1.85. The van der Waals surface area contributed by atoms with Crippen LogP contribution in [0.5, 0.6) is 0 Å².